The van der Waals surface area contributed by atoms with E-state index < -0.39 is 0 Å². The molecule has 1 aliphatic heterocycles. The summed E-state index contributed by atoms with van der Waals surface area (Å²) in [5, 5.41) is 3.76. The molecular formula is C26H32N4O2S. The molecule has 33 heavy (non-hydrogen) atoms. The van der Waals surface area contributed by atoms with E-state index in [1.807, 2.05) is 0 Å². The molecule has 1 unspecified atom stereocenters. The fourth-order valence-electron chi connectivity index (χ4n) is 4.99. The van der Waals surface area contributed by atoms with Crippen LogP contribution in [-0.2, 0) is 37.1 Å². The number of hydrogen-bond donors (Lipinski definition) is 2. The highest BCUT2D eigenvalue weighted by molar-refractivity contribution is 7.18. The Morgan fingerprint density at radius 1 is 1.21 bits per heavy atom. The van der Waals surface area contributed by atoms with E-state index in [0.717, 1.165) is 41.6 Å². The van der Waals surface area contributed by atoms with Crippen LogP contribution in [-0.4, -0.2) is 33.9 Å². The van der Waals surface area contributed by atoms with Crippen LogP contribution in [0.4, 0.5) is 0 Å². The van der Waals surface area contributed by atoms with Gasteiger partial charge in [0.15, 0.2) is 0 Å². The number of carbonyl (C=O) groups excluding carboxylic acids is 1. The van der Waals surface area contributed by atoms with E-state index in [4.69, 9.17) is 0 Å². The molecule has 1 amide bonds. The second kappa shape index (κ2) is 9.77. The first-order valence-electron chi connectivity index (χ1n) is 12.2. The van der Waals surface area contributed by atoms with Gasteiger partial charge in [-0.05, 0) is 67.8 Å². The zero-order valence-corrected chi connectivity index (χ0v) is 20.1. The van der Waals surface area contributed by atoms with E-state index in [1.54, 1.807) is 11.3 Å². The van der Waals surface area contributed by atoms with Crippen LogP contribution in [0.5, 0.6) is 0 Å². The molecule has 0 bridgehead atoms. The number of hydrogen-bond acceptors (Lipinski definition) is 5. The second-order valence-electron chi connectivity index (χ2n) is 9.62. The smallest absolute Gasteiger partial charge is 0.259 e. The third kappa shape index (κ3) is 5.20. The summed E-state index contributed by atoms with van der Waals surface area (Å²) in [6.07, 6.45) is 6.47. The summed E-state index contributed by atoms with van der Waals surface area (Å²) in [4.78, 5) is 37.3. The molecule has 1 aliphatic carbocycles. The highest BCUT2D eigenvalue weighted by atomic mass is 32.1. The highest BCUT2D eigenvalue weighted by Crippen LogP contribution is 2.35. The number of nitrogens with one attached hydrogen (secondary N) is 2. The van der Waals surface area contributed by atoms with E-state index in [9.17, 15) is 9.59 Å². The number of nitrogens with zero attached hydrogens (tertiary/aromatic N) is 2. The minimum absolute atomic E-state index is 0.0295. The molecule has 2 aliphatic rings. The lowest BCUT2D eigenvalue weighted by atomic mass is 9.89. The zero-order valence-electron chi connectivity index (χ0n) is 19.3. The van der Waals surface area contributed by atoms with Gasteiger partial charge in [0.05, 0.1) is 5.39 Å². The molecule has 2 aromatic heterocycles. The van der Waals surface area contributed by atoms with Gasteiger partial charge >= 0.3 is 0 Å². The highest BCUT2D eigenvalue weighted by Gasteiger charge is 2.23. The Balaban J connectivity index is 1.14. The number of aryl methyl sites for hydroxylation is 2. The van der Waals surface area contributed by atoms with Crippen molar-refractivity contribution in [1.29, 1.82) is 0 Å². The predicted molar refractivity (Wildman–Crippen MR) is 133 cm³/mol. The fraction of sp³-hybridized carbons (Fsp3) is 0.500. The first-order chi connectivity index (χ1) is 16.0. The van der Waals surface area contributed by atoms with Crippen LogP contribution >= 0.6 is 11.3 Å². The summed E-state index contributed by atoms with van der Waals surface area (Å²) in [5.41, 5.74) is 3.55. The Bertz CT molecular complexity index is 1190. The molecule has 1 aromatic carbocycles. The topological polar surface area (TPSA) is 78.1 Å². The van der Waals surface area contributed by atoms with E-state index in [2.05, 4.69) is 51.4 Å². The Kier molecular flexibility index (Phi) is 6.60. The average molecular weight is 465 g/mol. The van der Waals surface area contributed by atoms with Crippen LogP contribution in [0.15, 0.2) is 29.1 Å². The number of amides is 1. The monoisotopic (exact) mass is 464 g/mol. The molecule has 1 saturated heterocycles. The summed E-state index contributed by atoms with van der Waals surface area (Å²) < 4.78 is 0. The third-order valence-corrected chi connectivity index (χ3v) is 8.07. The van der Waals surface area contributed by atoms with Gasteiger partial charge in [-0.2, -0.15) is 0 Å². The number of likely N-dealkylation sites (tertiary alicyclic amines) is 1. The van der Waals surface area contributed by atoms with Crippen molar-refractivity contribution in [2.45, 2.75) is 65.0 Å². The van der Waals surface area contributed by atoms with Crippen LogP contribution in [0.2, 0.25) is 0 Å². The number of aromatic amines is 1. The third-order valence-electron chi connectivity index (χ3n) is 6.92. The lowest BCUT2D eigenvalue weighted by molar-refractivity contribution is -0.121. The Morgan fingerprint density at radius 2 is 1.97 bits per heavy atom. The van der Waals surface area contributed by atoms with Gasteiger partial charge in [0.25, 0.3) is 5.56 Å². The molecule has 0 spiro atoms. The standard InChI is InChI=1S/C26H32N4O2S/c1-17-4-9-20-21(14-17)33-26-24(20)25(32)28-22(29-26)10-11-23(31)27-15-18-5-7-19(8-6-18)16-30-12-2-3-13-30/h5-8,17H,2-4,9-16H2,1H3,(H,27,31)(H,28,29,32). The second-order valence-corrected chi connectivity index (χ2v) is 10.7. The van der Waals surface area contributed by atoms with Crippen molar-refractivity contribution in [3.8, 4) is 0 Å². The summed E-state index contributed by atoms with van der Waals surface area (Å²) in [7, 11) is 0. The van der Waals surface area contributed by atoms with Crippen molar-refractivity contribution >= 4 is 27.5 Å². The van der Waals surface area contributed by atoms with E-state index >= 15 is 0 Å². The maximum Gasteiger partial charge on any atom is 0.259 e. The largest absolute Gasteiger partial charge is 0.352 e. The van der Waals surface area contributed by atoms with Crippen LogP contribution < -0.4 is 10.9 Å². The summed E-state index contributed by atoms with van der Waals surface area (Å²) in [5.74, 6) is 1.23. The van der Waals surface area contributed by atoms with Crippen LogP contribution in [0.25, 0.3) is 10.2 Å². The van der Waals surface area contributed by atoms with E-state index in [1.165, 1.54) is 41.9 Å². The molecule has 5 rings (SSSR count). The molecule has 174 valence electrons. The van der Waals surface area contributed by atoms with Crippen molar-refractivity contribution in [3.05, 3.63) is 62.0 Å². The quantitative estimate of drug-likeness (QED) is 0.555. The Morgan fingerprint density at radius 3 is 2.76 bits per heavy atom. The number of rotatable bonds is 7. The lowest BCUT2D eigenvalue weighted by Gasteiger charge is -2.17. The molecule has 3 heterocycles. The van der Waals surface area contributed by atoms with Crippen molar-refractivity contribution in [2.24, 2.45) is 5.92 Å². The Labute approximate surface area is 198 Å². The summed E-state index contributed by atoms with van der Waals surface area (Å²) in [6, 6.07) is 8.51. The van der Waals surface area contributed by atoms with Crippen molar-refractivity contribution in [1.82, 2.24) is 20.2 Å². The number of carbonyl (C=O) groups is 1. The normalized spacial score (nSPS) is 18.5. The van der Waals surface area contributed by atoms with Crippen LogP contribution in [0.1, 0.15) is 60.0 Å². The number of benzene rings is 1. The molecule has 7 heteroatoms. The number of H-pyrrole nitrogens is 1. The van der Waals surface area contributed by atoms with Gasteiger partial charge in [-0.25, -0.2) is 4.98 Å². The van der Waals surface area contributed by atoms with Crippen molar-refractivity contribution < 1.29 is 4.79 Å². The molecule has 3 aromatic rings. The van der Waals surface area contributed by atoms with Crippen molar-refractivity contribution in [2.75, 3.05) is 13.1 Å². The molecular weight excluding hydrogens is 432 g/mol. The molecule has 2 N–H and O–H groups in total. The van der Waals surface area contributed by atoms with Gasteiger partial charge in [-0.3, -0.25) is 14.5 Å². The molecule has 1 fully saturated rings. The minimum atomic E-state index is -0.0588. The van der Waals surface area contributed by atoms with E-state index in [-0.39, 0.29) is 11.5 Å². The minimum Gasteiger partial charge on any atom is -0.352 e. The SMILES string of the molecule is CC1CCc2c(sc3nc(CCC(=O)NCc4ccc(CN5CCCC5)cc4)[nH]c(=O)c23)C1. The van der Waals surface area contributed by atoms with Crippen LogP contribution in [0.3, 0.4) is 0 Å². The number of fused-ring (bicyclic) bond motifs is 3. The van der Waals surface area contributed by atoms with Crippen LogP contribution in [0, 0.1) is 5.92 Å². The molecule has 0 saturated carbocycles. The zero-order chi connectivity index (χ0) is 22.8. The van der Waals surface area contributed by atoms with Gasteiger partial charge in [-0.15, -0.1) is 11.3 Å². The summed E-state index contributed by atoms with van der Waals surface area (Å²) >= 11 is 1.65. The maximum absolute atomic E-state index is 12.7. The van der Waals surface area contributed by atoms with Gasteiger partial charge in [0.2, 0.25) is 5.91 Å². The predicted octanol–water partition coefficient (Wildman–Crippen LogP) is 3.95. The number of thiophene rings is 1. The molecule has 1 atom stereocenters. The van der Waals surface area contributed by atoms with Gasteiger partial charge in [0.1, 0.15) is 10.7 Å². The first-order valence-corrected chi connectivity index (χ1v) is 13.0. The van der Waals surface area contributed by atoms with Crippen molar-refractivity contribution in [3.63, 3.8) is 0 Å². The summed E-state index contributed by atoms with van der Waals surface area (Å²) in [6.45, 7) is 6.17. The van der Waals surface area contributed by atoms with Gasteiger partial charge in [-0.1, -0.05) is 31.2 Å². The molecule has 0 radical (unpaired) electrons. The average Bonchev–Trinajstić information content (AvgIpc) is 3.44. The van der Waals surface area contributed by atoms with E-state index in [0.29, 0.717) is 31.1 Å². The first kappa shape index (κ1) is 22.3. The fourth-order valence-corrected chi connectivity index (χ4v) is 6.40. The molecule has 6 nitrogen and oxygen atoms in total. The maximum atomic E-state index is 12.7. The lowest BCUT2D eigenvalue weighted by Crippen LogP contribution is -2.24. The van der Waals surface area contributed by atoms with Gasteiger partial charge < -0.3 is 10.3 Å². The Hall–Kier alpha value is -2.51. The number of aromatic nitrogens is 2. The van der Waals surface area contributed by atoms with Gasteiger partial charge in [0, 0.05) is 30.8 Å².